The molecule has 0 atom stereocenters. The minimum absolute atomic E-state index is 0.0386. The summed E-state index contributed by atoms with van der Waals surface area (Å²) in [6.45, 7) is 1.57. The van der Waals surface area contributed by atoms with Gasteiger partial charge in [0.2, 0.25) is 0 Å². The second kappa shape index (κ2) is 7.27. The smallest absolute Gasteiger partial charge is 0.147 e. The Kier molecular flexibility index (Phi) is 4.33. The average Bonchev–Trinajstić information content (AvgIpc) is 3.19. The van der Waals surface area contributed by atoms with Crippen LogP contribution in [0.2, 0.25) is 0 Å². The summed E-state index contributed by atoms with van der Waals surface area (Å²) < 4.78 is 5.78. The molecule has 2 aromatic heterocycles. The summed E-state index contributed by atoms with van der Waals surface area (Å²) in [5, 5.41) is 4.54. The third-order valence-electron chi connectivity index (χ3n) is 5.27. The number of anilines is 1. The first kappa shape index (κ1) is 16.7. The molecule has 0 N–H and O–H groups in total. The van der Waals surface area contributed by atoms with E-state index in [0.717, 1.165) is 42.3 Å². The van der Waals surface area contributed by atoms with Gasteiger partial charge in [-0.2, -0.15) is 0 Å². The highest BCUT2D eigenvalue weighted by molar-refractivity contribution is 5.47. The predicted octanol–water partition coefficient (Wildman–Crippen LogP) is 4.21. The SMILES string of the molecule is c1ccc(C(c2ccccc2)c2noc3c2CN(c2cnccn2)CC3)cc1. The molecule has 1 aliphatic heterocycles. The van der Waals surface area contributed by atoms with Gasteiger partial charge in [-0.3, -0.25) is 4.98 Å². The van der Waals surface area contributed by atoms with Crippen molar-refractivity contribution in [3.63, 3.8) is 0 Å². The topological polar surface area (TPSA) is 55.1 Å². The van der Waals surface area contributed by atoms with E-state index in [1.807, 2.05) is 18.3 Å². The molecule has 0 bridgehead atoms. The van der Waals surface area contributed by atoms with Gasteiger partial charge in [-0.25, -0.2) is 4.98 Å². The van der Waals surface area contributed by atoms with Crippen molar-refractivity contribution in [3.8, 4) is 0 Å². The van der Waals surface area contributed by atoms with Crippen LogP contribution < -0.4 is 4.90 Å². The van der Waals surface area contributed by atoms with Gasteiger partial charge in [0.15, 0.2) is 0 Å². The lowest BCUT2D eigenvalue weighted by molar-refractivity contribution is 0.372. The minimum atomic E-state index is 0.0386. The Morgan fingerprint density at radius 2 is 1.61 bits per heavy atom. The number of aromatic nitrogens is 3. The quantitative estimate of drug-likeness (QED) is 0.540. The molecule has 0 unspecified atom stereocenters. The summed E-state index contributed by atoms with van der Waals surface area (Å²) in [5.74, 6) is 1.90. The minimum Gasteiger partial charge on any atom is -0.361 e. The summed E-state index contributed by atoms with van der Waals surface area (Å²) >= 11 is 0. The molecule has 0 radical (unpaired) electrons. The van der Waals surface area contributed by atoms with E-state index >= 15 is 0 Å². The number of rotatable bonds is 4. The van der Waals surface area contributed by atoms with Gasteiger partial charge in [0.05, 0.1) is 12.1 Å². The van der Waals surface area contributed by atoms with Crippen molar-refractivity contribution in [1.29, 1.82) is 0 Å². The van der Waals surface area contributed by atoms with Crippen molar-refractivity contribution < 1.29 is 4.52 Å². The Morgan fingerprint density at radius 3 is 2.25 bits per heavy atom. The van der Waals surface area contributed by atoms with Crippen molar-refractivity contribution >= 4 is 5.82 Å². The lowest BCUT2D eigenvalue weighted by Crippen LogP contribution is -2.31. The molecular formula is C23H20N4O. The monoisotopic (exact) mass is 368 g/mol. The van der Waals surface area contributed by atoms with Crippen LogP contribution >= 0.6 is 0 Å². The second-order valence-corrected chi connectivity index (χ2v) is 6.96. The van der Waals surface area contributed by atoms with Crippen LogP contribution in [0.1, 0.15) is 34.1 Å². The van der Waals surface area contributed by atoms with Crippen LogP contribution in [0.3, 0.4) is 0 Å². The van der Waals surface area contributed by atoms with Crippen LogP contribution in [0.4, 0.5) is 5.82 Å². The molecule has 28 heavy (non-hydrogen) atoms. The zero-order valence-corrected chi connectivity index (χ0v) is 15.4. The number of hydrogen-bond acceptors (Lipinski definition) is 5. The Balaban J connectivity index is 1.58. The maximum Gasteiger partial charge on any atom is 0.147 e. The molecule has 2 aromatic carbocycles. The van der Waals surface area contributed by atoms with Crippen LogP contribution in [0.5, 0.6) is 0 Å². The predicted molar refractivity (Wildman–Crippen MR) is 107 cm³/mol. The molecule has 0 saturated carbocycles. The van der Waals surface area contributed by atoms with Crippen LogP contribution in [-0.4, -0.2) is 21.7 Å². The molecule has 4 aromatic rings. The van der Waals surface area contributed by atoms with E-state index in [1.54, 1.807) is 12.4 Å². The molecule has 0 spiro atoms. The lowest BCUT2D eigenvalue weighted by atomic mass is 9.85. The third-order valence-corrected chi connectivity index (χ3v) is 5.27. The number of hydrogen-bond donors (Lipinski definition) is 0. The van der Waals surface area contributed by atoms with Gasteiger partial charge >= 0.3 is 0 Å². The molecular weight excluding hydrogens is 348 g/mol. The summed E-state index contributed by atoms with van der Waals surface area (Å²) in [7, 11) is 0. The highest BCUT2D eigenvalue weighted by atomic mass is 16.5. The van der Waals surface area contributed by atoms with E-state index in [-0.39, 0.29) is 5.92 Å². The van der Waals surface area contributed by atoms with Gasteiger partial charge < -0.3 is 9.42 Å². The summed E-state index contributed by atoms with van der Waals surface area (Å²) in [4.78, 5) is 10.9. The fourth-order valence-electron chi connectivity index (χ4n) is 3.91. The second-order valence-electron chi connectivity index (χ2n) is 6.96. The van der Waals surface area contributed by atoms with E-state index < -0.39 is 0 Å². The van der Waals surface area contributed by atoms with Crippen molar-refractivity contribution in [2.75, 3.05) is 11.4 Å². The highest BCUT2D eigenvalue weighted by Gasteiger charge is 2.30. The van der Waals surface area contributed by atoms with Gasteiger partial charge in [0.1, 0.15) is 17.3 Å². The van der Waals surface area contributed by atoms with Crippen LogP contribution in [-0.2, 0) is 13.0 Å². The van der Waals surface area contributed by atoms with E-state index in [1.165, 1.54) is 11.1 Å². The van der Waals surface area contributed by atoms with Crippen molar-refractivity contribution in [2.45, 2.75) is 18.9 Å². The Bertz CT molecular complexity index is 1010. The number of benzene rings is 2. The van der Waals surface area contributed by atoms with Crippen LogP contribution in [0, 0.1) is 0 Å². The summed E-state index contributed by atoms with van der Waals surface area (Å²) in [6.07, 6.45) is 6.06. The Labute approximate surface area is 163 Å². The third kappa shape index (κ3) is 3.05. The zero-order valence-electron chi connectivity index (χ0n) is 15.4. The number of nitrogens with zero attached hydrogens (tertiary/aromatic N) is 4. The molecule has 5 heteroatoms. The van der Waals surface area contributed by atoms with Gasteiger partial charge in [0.25, 0.3) is 0 Å². The molecule has 5 rings (SSSR count). The molecule has 1 aliphatic rings. The molecule has 0 saturated heterocycles. The van der Waals surface area contributed by atoms with Gasteiger partial charge in [-0.1, -0.05) is 65.8 Å². The zero-order chi connectivity index (χ0) is 18.8. The van der Waals surface area contributed by atoms with Crippen molar-refractivity contribution in [1.82, 2.24) is 15.1 Å². The molecule has 138 valence electrons. The first-order valence-electron chi connectivity index (χ1n) is 9.48. The van der Waals surface area contributed by atoms with Gasteiger partial charge in [-0.05, 0) is 11.1 Å². The summed E-state index contributed by atoms with van der Waals surface area (Å²) in [6, 6.07) is 21.0. The van der Waals surface area contributed by atoms with E-state index in [4.69, 9.17) is 4.52 Å². The van der Waals surface area contributed by atoms with E-state index in [0.29, 0.717) is 0 Å². The largest absolute Gasteiger partial charge is 0.361 e. The van der Waals surface area contributed by atoms with Gasteiger partial charge in [-0.15, -0.1) is 0 Å². The van der Waals surface area contributed by atoms with Crippen LogP contribution in [0.25, 0.3) is 0 Å². The van der Waals surface area contributed by atoms with Crippen LogP contribution in [0.15, 0.2) is 83.8 Å². The Hall–Kier alpha value is -3.47. The molecule has 0 aliphatic carbocycles. The maximum absolute atomic E-state index is 5.78. The highest BCUT2D eigenvalue weighted by Crippen LogP contribution is 2.36. The van der Waals surface area contributed by atoms with E-state index in [2.05, 4.69) is 68.6 Å². The Morgan fingerprint density at radius 1 is 0.893 bits per heavy atom. The lowest BCUT2D eigenvalue weighted by Gasteiger charge is -2.28. The summed E-state index contributed by atoms with van der Waals surface area (Å²) in [5.41, 5.74) is 4.57. The number of fused-ring (bicyclic) bond motifs is 1. The van der Waals surface area contributed by atoms with Crippen molar-refractivity contribution in [3.05, 3.63) is 107 Å². The first-order chi connectivity index (χ1) is 13.9. The fraction of sp³-hybridized carbons (Fsp3) is 0.174. The molecule has 0 fully saturated rings. The molecule has 5 nitrogen and oxygen atoms in total. The van der Waals surface area contributed by atoms with E-state index in [9.17, 15) is 0 Å². The normalized spacial score (nSPS) is 13.5. The first-order valence-corrected chi connectivity index (χ1v) is 9.48. The molecule has 3 heterocycles. The van der Waals surface area contributed by atoms with Gasteiger partial charge in [0, 0.05) is 37.5 Å². The standard InChI is InChI=1S/C23H20N4O/c1-3-7-17(8-4-1)22(18-9-5-2-6-10-18)23-19-16-27(14-11-20(19)28-26-23)21-15-24-12-13-25-21/h1-10,12-13,15,22H,11,14,16H2. The molecule has 0 amide bonds. The van der Waals surface area contributed by atoms with Crippen molar-refractivity contribution in [2.24, 2.45) is 0 Å². The average molecular weight is 368 g/mol. The fourth-order valence-corrected chi connectivity index (χ4v) is 3.91. The maximum atomic E-state index is 5.78.